The van der Waals surface area contributed by atoms with Crippen LogP contribution in [0.4, 0.5) is 5.82 Å². The first-order chi connectivity index (χ1) is 8.65. The molecular weight excluding hydrogens is 230 g/mol. The van der Waals surface area contributed by atoms with Crippen LogP contribution in [0.1, 0.15) is 23.8 Å². The number of anilines is 1. The average molecular weight is 245 g/mol. The molecule has 1 aliphatic rings. The molecule has 0 radical (unpaired) electrons. The fraction of sp³-hybridized carbons (Fsp3) is 0.385. The second-order valence-corrected chi connectivity index (χ2v) is 4.75. The number of carbonyl (C=O) groups excluding carboxylic acids is 1. The van der Waals surface area contributed by atoms with Gasteiger partial charge in [-0.3, -0.25) is 9.48 Å². The zero-order chi connectivity index (χ0) is 12.7. The molecule has 5 nitrogen and oxygen atoms in total. The Morgan fingerprint density at radius 1 is 1.61 bits per heavy atom. The SMILES string of the molecule is Cc1cc(NC(=O)C2CC2c2ccco2)n(C)n1. The van der Waals surface area contributed by atoms with E-state index in [0.717, 1.165) is 23.7 Å². The lowest BCUT2D eigenvalue weighted by Gasteiger charge is -2.03. The Bertz CT molecular complexity index is 571. The Morgan fingerprint density at radius 3 is 3.06 bits per heavy atom. The Balaban J connectivity index is 1.65. The number of hydrogen-bond acceptors (Lipinski definition) is 3. The van der Waals surface area contributed by atoms with Gasteiger partial charge in [-0.05, 0) is 25.5 Å². The third kappa shape index (κ3) is 1.92. The van der Waals surface area contributed by atoms with Gasteiger partial charge in [0.15, 0.2) is 0 Å². The smallest absolute Gasteiger partial charge is 0.229 e. The molecule has 1 aliphatic carbocycles. The van der Waals surface area contributed by atoms with Crippen LogP contribution in [-0.2, 0) is 11.8 Å². The van der Waals surface area contributed by atoms with Gasteiger partial charge >= 0.3 is 0 Å². The third-order valence-electron chi connectivity index (χ3n) is 3.29. The van der Waals surface area contributed by atoms with Crippen molar-refractivity contribution in [3.8, 4) is 0 Å². The number of carbonyl (C=O) groups is 1. The lowest BCUT2D eigenvalue weighted by molar-refractivity contribution is -0.117. The van der Waals surface area contributed by atoms with Crippen LogP contribution in [0, 0.1) is 12.8 Å². The average Bonchev–Trinajstić information content (AvgIpc) is 2.81. The minimum atomic E-state index is 0.0198. The first-order valence-electron chi connectivity index (χ1n) is 6.00. The van der Waals surface area contributed by atoms with Crippen LogP contribution in [0.3, 0.4) is 0 Å². The molecule has 2 atom stereocenters. The van der Waals surface area contributed by atoms with E-state index >= 15 is 0 Å². The largest absolute Gasteiger partial charge is 0.469 e. The van der Waals surface area contributed by atoms with Crippen molar-refractivity contribution in [1.82, 2.24) is 9.78 Å². The summed E-state index contributed by atoms with van der Waals surface area (Å²) in [6.45, 7) is 1.90. The van der Waals surface area contributed by atoms with E-state index in [2.05, 4.69) is 10.4 Å². The van der Waals surface area contributed by atoms with Crippen LogP contribution in [0.25, 0.3) is 0 Å². The molecule has 0 saturated heterocycles. The highest BCUT2D eigenvalue weighted by Crippen LogP contribution is 2.48. The van der Waals surface area contributed by atoms with Gasteiger partial charge in [0.05, 0.1) is 12.0 Å². The molecular formula is C13H15N3O2. The third-order valence-corrected chi connectivity index (χ3v) is 3.29. The van der Waals surface area contributed by atoms with Gasteiger partial charge in [-0.1, -0.05) is 0 Å². The number of hydrogen-bond donors (Lipinski definition) is 1. The standard InChI is InChI=1S/C13H15N3O2/c1-8-6-12(16(2)15-8)14-13(17)10-7-9(10)11-4-3-5-18-11/h3-6,9-10H,7H2,1-2H3,(H,14,17). The number of nitrogens with zero attached hydrogens (tertiary/aromatic N) is 2. The molecule has 2 unspecified atom stereocenters. The van der Waals surface area contributed by atoms with Crippen molar-refractivity contribution in [2.24, 2.45) is 13.0 Å². The van der Waals surface area contributed by atoms with E-state index in [9.17, 15) is 4.79 Å². The lowest BCUT2D eigenvalue weighted by atomic mass is 10.2. The van der Waals surface area contributed by atoms with Crippen molar-refractivity contribution in [3.05, 3.63) is 35.9 Å². The van der Waals surface area contributed by atoms with E-state index in [-0.39, 0.29) is 17.7 Å². The Hall–Kier alpha value is -2.04. The summed E-state index contributed by atoms with van der Waals surface area (Å²) in [5, 5.41) is 7.10. The van der Waals surface area contributed by atoms with Gasteiger partial charge in [-0.15, -0.1) is 0 Å². The van der Waals surface area contributed by atoms with Gasteiger partial charge in [-0.2, -0.15) is 5.10 Å². The monoisotopic (exact) mass is 245 g/mol. The van der Waals surface area contributed by atoms with Crippen molar-refractivity contribution >= 4 is 11.7 Å². The fourth-order valence-corrected chi connectivity index (χ4v) is 2.25. The molecule has 2 heterocycles. The molecule has 0 spiro atoms. The fourth-order valence-electron chi connectivity index (χ4n) is 2.25. The van der Waals surface area contributed by atoms with Gasteiger partial charge < -0.3 is 9.73 Å². The van der Waals surface area contributed by atoms with Crippen LogP contribution in [-0.4, -0.2) is 15.7 Å². The summed E-state index contributed by atoms with van der Waals surface area (Å²) in [5.74, 6) is 1.93. The Labute approximate surface area is 105 Å². The number of rotatable bonds is 3. The summed E-state index contributed by atoms with van der Waals surface area (Å²) < 4.78 is 7.00. The van der Waals surface area contributed by atoms with Crippen molar-refractivity contribution in [3.63, 3.8) is 0 Å². The van der Waals surface area contributed by atoms with E-state index in [0.29, 0.717) is 0 Å². The van der Waals surface area contributed by atoms with E-state index in [1.807, 2.05) is 32.2 Å². The van der Waals surface area contributed by atoms with Gasteiger partial charge in [0.25, 0.3) is 0 Å². The van der Waals surface area contributed by atoms with Crippen LogP contribution in [0.5, 0.6) is 0 Å². The molecule has 2 aromatic rings. The second kappa shape index (κ2) is 4.01. The van der Waals surface area contributed by atoms with Crippen LogP contribution < -0.4 is 5.32 Å². The first kappa shape index (κ1) is 11.1. The van der Waals surface area contributed by atoms with E-state index < -0.39 is 0 Å². The number of amides is 1. The molecule has 18 heavy (non-hydrogen) atoms. The summed E-state index contributed by atoms with van der Waals surface area (Å²) >= 11 is 0. The molecule has 1 fully saturated rings. The first-order valence-corrected chi connectivity index (χ1v) is 6.00. The second-order valence-electron chi connectivity index (χ2n) is 4.75. The predicted octanol–water partition coefficient (Wildman–Crippen LogP) is 2.06. The summed E-state index contributed by atoms with van der Waals surface area (Å²) in [6, 6.07) is 5.64. The van der Waals surface area contributed by atoms with E-state index in [1.54, 1.807) is 10.9 Å². The van der Waals surface area contributed by atoms with Crippen molar-refractivity contribution in [2.45, 2.75) is 19.3 Å². The quantitative estimate of drug-likeness (QED) is 0.900. The number of furan rings is 1. The number of nitrogens with one attached hydrogen (secondary N) is 1. The Morgan fingerprint density at radius 2 is 2.44 bits per heavy atom. The normalized spacial score (nSPS) is 21.9. The van der Waals surface area contributed by atoms with Crippen LogP contribution in [0.2, 0.25) is 0 Å². The maximum atomic E-state index is 12.0. The number of aryl methyl sites for hydroxylation is 2. The van der Waals surface area contributed by atoms with E-state index in [1.165, 1.54) is 0 Å². The highest BCUT2D eigenvalue weighted by molar-refractivity contribution is 5.94. The summed E-state index contributed by atoms with van der Waals surface area (Å²) in [6.07, 6.45) is 2.50. The molecule has 1 N–H and O–H groups in total. The minimum Gasteiger partial charge on any atom is -0.469 e. The van der Waals surface area contributed by atoms with Gasteiger partial charge in [0, 0.05) is 24.9 Å². The van der Waals surface area contributed by atoms with Crippen molar-refractivity contribution in [2.75, 3.05) is 5.32 Å². The summed E-state index contributed by atoms with van der Waals surface area (Å²) in [7, 11) is 1.82. The van der Waals surface area contributed by atoms with Crippen LogP contribution >= 0.6 is 0 Å². The molecule has 2 aromatic heterocycles. The summed E-state index contributed by atoms with van der Waals surface area (Å²) in [4.78, 5) is 12.0. The predicted molar refractivity (Wildman–Crippen MR) is 66.1 cm³/mol. The molecule has 0 bridgehead atoms. The maximum Gasteiger partial charge on any atom is 0.229 e. The molecule has 3 rings (SSSR count). The molecule has 1 amide bonds. The molecule has 0 aliphatic heterocycles. The molecule has 5 heteroatoms. The zero-order valence-electron chi connectivity index (χ0n) is 10.4. The Kier molecular flexibility index (Phi) is 2.47. The van der Waals surface area contributed by atoms with Gasteiger partial charge in [0.2, 0.25) is 5.91 Å². The van der Waals surface area contributed by atoms with Gasteiger partial charge in [0.1, 0.15) is 11.6 Å². The van der Waals surface area contributed by atoms with Gasteiger partial charge in [-0.25, -0.2) is 0 Å². The summed E-state index contributed by atoms with van der Waals surface area (Å²) in [5.41, 5.74) is 0.895. The molecule has 0 aromatic carbocycles. The highest BCUT2D eigenvalue weighted by Gasteiger charge is 2.46. The topological polar surface area (TPSA) is 60.1 Å². The lowest BCUT2D eigenvalue weighted by Crippen LogP contribution is -2.16. The number of aromatic nitrogens is 2. The van der Waals surface area contributed by atoms with Crippen molar-refractivity contribution < 1.29 is 9.21 Å². The maximum absolute atomic E-state index is 12.0. The van der Waals surface area contributed by atoms with E-state index in [4.69, 9.17) is 4.42 Å². The highest BCUT2D eigenvalue weighted by atomic mass is 16.3. The minimum absolute atomic E-state index is 0.0198. The molecule has 1 saturated carbocycles. The van der Waals surface area contributed by atoms with Crippen molar-refractivity contribution in [1.29, 1.82) is 0 Å². The zero-order valence-corrected chi connectivity index (χ0v) is 10.4. The van der Waals surface area contributed by atoms with Crippen LogP contribution in [0.15, 0.2) is 28.9 Å². The molecule has 94 valence electrons.